The summed E-state index contributed by atoms with van der Waals surface area (Å²) in [4.78, 5) is 18.4. The van der Waals surface area contributed by atoms with E-state index in [-0.39, 0.29) is 23.9 Å². The number of halogens is 1. The molecular weight excluding hydrogens is 321 g/mol. The number of hydrogen-bond acceptors (Lipinski definition) is 3. The van der Waals surface area contributed by atoms with Crippen molar-refractivity contribution in [3.8, 4) is 0 Å². The summed E-state index contributed by atoms with van der Waals surface area (Å²) in [6, 6.07) is 7.12. The van der Waals surface area contributed by atoms with Crippen LogP contribution in [0.2, 0.25) is 0 Å². The van der Waals surface area contributed by atoms with Crippen LogP contribution in [0.15, 0.2) is 36.9 Å². The Morgan fingerprint density at radius 1 is 1.32 bits per heavy atom. The van der Waals surface area contributed by atoms with Crippen LogP contribution in [0.5, 0.6) is 0 Å². The summed E-state index contributed by atoms with van der Waals surface area (Å²) >= 11 is 0. The number of benzene rings is 1. The van der Waals surface area contributed by atoms with Crippen LogP contribution in [0.1, 0.15) is 43.2 Å². The molecule has 2 heterocycles. The van der Waals surface area contributed by atoms with Gasteiger partial charge in [-0.3, -0.25) is 0 Å². The van der Waals surface area contributed by atoms with Gasteiger partial charge in [-0.2, -0.15) is 5.10 Å². The quantitative estimate of drug-likeness (QED) is 0.932. The molecule has 1 unspecified atom stereocenters. The van der Waals surface area contributed by atoms with Crippen molar-refractivity contribution in [2.45, 2.75) is 43.7 Å². The van der Waals surface area contributed by atoms with Crippen molar-refractivity contribution in [2.24, 2.45) is 0 Å². The van der Waals surface area contributed by atoms with Gasteiger partial charge in [-0.15, -0.1) is 0 Å². The van der Waals surface area contributed by atoms with Crippen LogP contribution in [0.3, 0.4) is 0 Å². The molecule has 7 heteroatoms. The van der Waals surface area contributed by atoms with E-state index in [9.17, 15) is 9.18 Å². The second-order valence-corrected chi connectivity index (χ2v) is 6.99. The second kappa shape index (κ2) is 6.82. The van der Waals surface area contributed by atoms with Gasteiger partial charge in [-0.1, -0.05) is 12.1 Å². The third-order valence-electron chi connectivity index (χ3n) is 5.28. The van der Waals surface area contributed by atoms with E-state index in [1.54, 1.807) is 18.5 Å². The third-order valence-corrected chi connectivity index (χ3v) is 5.28. The number of hydrogen-bond donors (Lipinski definition) is 1. The highest BCUT2D eigenvalue weighted by Crippen LogP contribution is 2.37. The Morgan fingerprint density at radius 3 is 2.96 bits per heavy atom. The van der Waals surface area contributed by atoms with E-state index >= 15 is 0 Å². The maximum atomic E-state index is 13.3. The lowest BCUT2D eigenvalue weighted by molar-refractivity contribution is 0.152. The SMILES string of the molecule is O=C(NC1CC(c2cccc(F)c2)C1)N1CCCC(n2cncn2)C1. The number of urea groups is 1. The van der Waals surface area contributed by atoms with Crippen LogP contribution in [-0.4, -0.2) is 44.8 Å². The lowest BCUT2D eigenvalue weighted by atomic mass is 9.76. The van der Waals surface area contributed by atoms with Crippen molar-refractivity contribution in [3.63, 3.8) is 0 Å². The van der Waals surface area contributed by atoms with Crippen molar-refractivity contribution in [1.29, 1.82) is 0 Å². The first-order chi connectivity index (χ1) is 12.2. The predicted octanol–water partition coefficient (Wildman–Crippen LogP) is 2.71. The molecular formula is C18H22FN5O. The van der Waals surface area contributed by atoms with Gasteiger partial charge in [0.2, 0.25) is 0 Å². The molecule has 2 aromatic rings. The molecule has 4 rings (SSSR count). The van der Waals surface area contributed by atoms with Crippen LogP contribution in [0.4, 0.5) is 9.18 Å². The summed E-state index contributed by atoms with van der Waals surface area (Å²) in [7, 11) is 0. The van der Waals surface area contributed by atoms with E-state index in [2.05, 4.69) is 15.4 Å². The topological polar surface area (TPSA) is 63.1 Å². The molecule has 1 saturated carbocycles. The van der Waals surface area contributed by atoms with Gasteiger partial charge in [0.25, 0.3) is 0 Å². The van der Waals surface area contributed by atoms with Gasteiger partial charge in [0.15, 0.2) is 0 Å². The molecule has 1 aliphatic heterocycles. The number of carbonyl (C=O) groups is 1. The fourth-order valence-corrected chi connectivity index (χ4v) is 3.80. The van der Waals surface area contributed by atoms with Gasteiger partial charge in [0.05, 0.1) is 6.04 Å². The molecule has 1 saturated heterocycles. The molecule has 0 spiro atoms. The number of nitrogens with zero attached hydrogens (tertiary/aromatic N) is 4. The Labute approximate surface area is 146 Å². The Kier molecular flexibility index (Phi) is 4.38. The molecule has 1 aromatic heterocycles. The molecule has 2 fully saturated rings. The van der Waals surface area contributed by atoms with Crippen LogP contribution < -0.4 is 5.32 Å². The molecule has 1 N–H and O–H groups in total. The maximum absolute atomic E-state index is 13.3. The van der Waals surface area contributed by atoms with E-state index in [1.807, 2.05) is 15.6 Å². The highest BCUT2D eigenvalue weighted by atomic mass is 19.1. The Hall–Kier alpha value is -2.44. The van der Waals surface area contributed by atoms with Crippen LogP contribution >= 0.6 is 0 Å². The Morgan fingerprint density at radius 2 is 2.20 bits per heavy atom. The van der Waals surface area contributed by atoms with Gasteiger partial charge in [-0.25, -0.2) is 18.9 Å². The van der Waals surface area contributed by atoms with Gasteiger partial charge < -0.3 is 10.2 Å². The minimum atomic E-state index is -0.197. The highest BCUT2D eigenvalue weighted by molar-refractivity contribution is 5.74. The first-order valence-electron chi connectivity index (χ1n) is 8.84. The molecule has 2 amide bonds. The maximum Gasteiger partial charge on any atom is 0.317 e. The number of amides is 2. The largest absolute Gasteiger partial charge is 0.335 e. The van der Waals surface area contributed by atoms with Crippen molar-refractivity contribution in [1.82, 2.24) is 25.0 Å². The van der Waals surface area contributed by atoms with Gasteiger partial charge in [0.1, 0.15) is 18.5 Å². The number of aromatic nitrogens is 3. The van der Waals surface area contributed by atoms with Gasteiger partial charge >= 0.3 is 6.03 Å². The average molecular weight is 343 g/mol. The fourth-order valence-electron chi connectivity index (χ4n) is 3.80. The summed E-state index contributed by atoms with van der Waals surface area (Å²) in [5.74, 6) is 0.141. The lowest BCUT2D eigenvalue weighted by Crippen LogP contribution is -2.51. The third kappa shape index (κ3) is 3.50. The van der Waals surface area contributed by atoms with E-state index in [4.69, 9.17) is 0 Å². The zero-order valence-corrected chi connectivity index (χ0v) is 14.0. The molecule has 1 aromatic carbocycles. The number of nitrogens with one attached hydrogen (secondary N) is 1. The summed E-state index contributed by atoms with van der Waals surface area (Å²) in [6.45, 7) is 1.44. The zero-order valence-electron chi connectivity index (χ0n) is 14.0. The average Bonchev–Trinajstić information content (AvgIpc) is 3.12. The fraction of sp³-hybridized carbons (Fsp3) is 0.500. The predicted molar refractivity (Wildman–Crippen MR) is 90.6 cm³/mol. The van der Waals surface area contributed by atoms with Crippen molar-refractivity contribution < 1.29 is 9.18 Å². The molecule has 1 atom stereocenters. The van der Waals surface area contributed by atoms with Crippen molar-refractivity contribution in [2.75, 3.05) is 13.1 Å². The van der Waals surface area contributed by atoms with Gasteiger partial charge in [0, 0.05) is 19.1 Å². The zero-order chi connectivity index (χ0) is 17.2. The minimum Gasteiger partial charge on any atom is -0.335 e. The van der Waals surface area contributed by atoms with Gasteiger partial charge in [-0.05, 0) is 49.3 Å². The summed E-state index contributed by atoms with van der Waals surface area (Å²) in [5.41, 5.74) is 1.02. The molecule has 132 valence electrons. The highest BCUT2D eigenvalue weighted by Gasteiger charge is 2.33. The van der Waals surface area contributed by atoms with E-state index < -0.39 is 0 Å². The molecule has 25 heavy (non-hydrogen) atoms. The molecule has 6 nitrogen and oxygen atoms in total. The van der Waals surface area contributed by atoms with Crippen molar-refractivity contribution >= 4 is 6.03 Å². The first-order valence-corrected chi connectivity index (χ1v) is 8.84. The minimum absolute atomic E-state index is 0.00694. The molecule has 1 aliphatic carbocycles. The molecule has 2 aliphatic rings. The summed E-state index contributed by atoms with van der Waals surface area (Å²) < 4.78 is 15.1. The summed E-state index contributed by atoms with van der Waals surface area (Å²) in [5, 5.41) is 7.30. The normalized spacial score (nSPS) is 26.1. The molecule has 0 bridgehead atoms. The Balaban J connectivity index is 1.28. The smallest absolute Gasteiger partial charge is 0.317 e. The number of rotatable bonds is 3. The van der Waals surface area contributed by atoms with Crippen molar-refractivity contribution in [3.05, 3.63) is 48.3 Å². The monoisotopic (exact) mass is 343 g/mol. The van der Waals surface area contributed by atoms with Crippen LogP contribution in [0, 0.1) is 5.82 Å². The lowest BCUT2D eigenvalue weighted by Gasteiger charge is -2.39. The van der Waals surface area contributed by atoms with Crippen LogP contribution in [-0.2, 0) is 0 Å². The van der Waals surface area contributed by atoms with Crippen LogP contribution in [0.25, 0.3) is 0 Å². The number of likely N-dealkylation sites (tertiary alicyclic amines) is 1. The Bertz CT molecular complexity index is 729. The number of carbonyl (C=O) groups excluding carboxylic acids is 1. The van der Waals surface area contributed by atoms with E-state index in [0.29, 0.717) is 12.5 Å². The second-order valence-electron chi connectivity index (χ2n) is 6.99. The standard InChI is InChI=1S/C18H22FN5O/c19-15-4-1-3-13(7-15)14-8-16(9-14)22-18(25)23-6-2-5-17(10-23)24-12-20-11-21-24/h1,3-4,7,11-12,14,16-17H,2,5-6,8-10H2,(H,22,25). The first kappa shape index (κ1) is 16.1. The molecule has 0 radical (unpaired) electrons. The van der Waals surface area contributed by atoms with E-state index in [0.717, 1.165) is 37.8 Å². The number of piperidine rings is 1. The van der Waals surface area contributed by atoms with E-state index in [1.165, 1.54) is 12.4 Å². The summed E-state index contributed by atoms with van der Waals surface area (Å²) in [6.07, 6.45) is 6.96.